The molecule has 6 heteroatoms. The van der Waals surface area contributed by atoms with Crippen LogP contribution in [0.1, 0.15) is 35.8 Å². The third-order valence-electron chi connectivity index (χ3n) is 3.33. The minimum absolute atomic E-state index is 0.203. The quantitative estimate of drug-likeness (QED) is 0.772. The Kier molecular flexibility index (Phi) is 3.74. The van der Waals surface area contributed by atoms with E-state index in [-0.39, 0.29) is 5.91 Å². The lowest BCUT2D eigenvalue weighted by Gasteiger charge is -2.03. The molecule has 0 aliphatic heterocycles. The summed E-state index contributed by atoms with van der Waals surface area (Å²) in [7, 11) is 0. The summed E-state index contributed by atoms with van der Waals surface area (Å²) in [6.07, 6.45) is 3.01. The van der Waals surface area contributed by atoms with Gasteiger partial charge in [0.25, 0.3) is 5.91 Å². The summed E-state index contributed by atoms with van der Waals surface area (Å²) in [4.78, 5) is 16.1. The van der Waals surface area contributed by atoms with Gasteiger partial charge in [0, 0.05) is 22.9 Å². The molecule has 0 aliphatic carbocycles. The second-order valence-electron chi connectivity index (χ2n) is 5.26. The molecule has 0 unspecified atom stereocenters. The summed E-state index contributed by atoms with van der Waals surface area (Å²) >= 11 is 0. The molecular weight excluding hydrogens is 280 g/mol. The topological polar surface area (TPSA) is 83.8 Å². The van der Waals surface area contributed by atoms with Crippen molar-refractivity contribution in [2.45, 2.75) is 19.8 Å². The van der Waals surface area contributed by atoms with E-state index in [0.717, 1.165) is 11.3 Å². The van der Waals surface area contributed by atoms with Crippen LogP contribution in [0.4, 0.5) is 5.82 Å². The van der Waals surface area contributed by atoms with Gasteiger partial charge in [-0.3, -0.25) is 9.89 Å². The van der Waals surface area contributed by atoms with E-state index in [9.17, 15) is 4.79 Å². The van der Waals surface area contributed by atoms with Crippen LogP contribution in [0.15, 0.2) is 47.3 Å². The lowest BCUT2D eigenvalue weighted by atomic mass is 10.1. The van der Waals surface area contributed by atoms with E-state index in [1.165, 1.54) is 6.39 Å². The number of hydrogen-bond donors (Lipinski definition) is 2. The Hall–Kier alpha value is -2.89. The average molecular weight is 296 g/mol. The third-order valence-corrected chi connectivity index (χ3v) is 3.33. The van der Waals surface area contributed by atoms with E-state index in [0.29, 0.717) is 23.1 Å². The van der Waals surface area contributed by atoms with E-state index >= 15 is 0 Å². The SMILES string of the molecule is CC(C)c1cc(NC(=O)c2ccc(-c3cnco3)cc2)n[nH]1. The first kappa shape index (κ1) is 14.1. The molecule has 3 rings (SSSR count). The number of hydrogen-bond acceptors (Lipinski definition) is 4. The van der Waals surface area contributed by atoms with Crippen LogP contribution < -0.4 is 5.32 Å². The summed E-state index contributed by atoms with van der Waals surface area (Å²) < 4.78 is 5.21. The molecule has 2 aromatic heterocycles. The second-order valence-corrected chi connectivity index (χ2v) is 5.26. The lowest BCUT2D eigenvalue weighted by Crippen LogP contribution is -2.11. The van der Waals surface area contributed by atoms with Crippen molar-refractivity contribution in [2.24, 2.45) is 0 Å². The predicted octanol–water partition coefficient (Wildman–Crippen LogP) is 3.44. The summed E-state index contributed by atoms with van der Waals surface area (Å²) in [5.41, 5.74) is 2.41. The number of H-pyrrole nitrogens is 1. The summed E-state index contributed by atoms with van der Waals surface area (Å²) in [5.74, 6) is 1.32. The molecule has 0 saturated heterocycles. The Morgan fingerprint density at radius 3 is 2.64 bits per heavy atom. The molecule has 2 N–H and O–H groups in total. The van der Waals surface area contributed by atoms with Gasteiger partial charge in [0.15, 0.2) is 18.0 Å². The Morgan fingerprint density at radius 2 is 2.05 bits per heavy atom. The monoisotopic (exact) mass is 296 g/mol. The maximum atomic E-state index is 12.2. The van der Waals surface area contributed by atoms with Gasteiger partial charge in [0.2, 0.25) is 0 Å². The minimum Gasteiger partial charge on any atom is -0.444 e. The van der Waals surface area contributed by atoms with E-state index in [1.54, 1.807) is 18.3 Å². The van der Waals surface area contributed by atoms with Crippen LogP contribution in [-0.4, -0.2) is 21.1 Å². The zero-order valence-electron chi connectivity index (χ0n) is 12.3. The van der Waals surface area contributed by atoms with Crippen molar-refractivity contribution in [2.75, 3.05) is 5.32 Å². The molecular formula is C16H16N4O2. The molecule has 112 valence electrons. The summed E-state index contributed by atoms with van der Waals surface area (Å²) in [5, 5.41) is 9.76. The lowest BCUT2D eigenvalue weighted by molar-refractivity contribution is 0.102. The van der Waals surface area contributed by atoms with Crippen molar-refractivity contribution < 1.29 is 9.21 Å². The second kappa shape index (κ2) is 5.85. The molecule has 1 aromatic carbocycles. The smallest absolute Gasteiger partial charge is 0.256 e. The predicted molar refractivity (Wildman–Crippen MR) is 82.6 cm³/mol. The van der Waals surface area contributed by atoms with Crippen LogP contribution in [0.3, 0.4) is 0 Å². The molecule has 0 aliphatic rings. The zero-order valence-corrected chi connectivity index (χ0v) is 12.3. The van der Waals surface area contributed by atoms with Crippen LogP contribution in [-0.2, 0) is 0 Å². The maximum Gasteiger partial charge on any atom is 0.256 e. The third kappa shape index (κ3) is 2.90. The van der Waals surface area contributed by atoms with E-state index in [1.807, 2.05) is 18.2 Å². The fourth-order valence-electron chi connectivity index (χ4n) is 2.03. The number of benzene rings is 1. The Balaban J connectivity index is 1.72. The van der Waals surface area contributed by atoms with E-state index < -0.39 is 0 Å². The average Bonchev–Trinajstić information content (AvgIpc) is 3.19. The number of nitrogens with one attached hydrogen (secondary N) is 2. The van der Waals surface area contributed by atoms with Crippen molar-refractivity contribution in [3.63, 3.8) is 0 Å². The number of amides is 1. The van der Waals surface area contributed by atoms with Gasteiger partial charge in [-0.05, 0) is 18.1 Å². The number of aromatic amines is 1. The molecule has 0 spiro atoms. The highest BCUT2D eigenvalue weighted by atomic mass is 16.3. The summed E-state index contributed by atoms with van der Waals surface area (Å²) in [6.45, 7) is 4.11. The van der Waals surface area contributed by atoms with Crippen molar-refractivity contribution >= 4 is 11.7 Å². The normalized spacial score (nSPS) is 10.9. The molecule has 3 aromatic rings. The number of carbonyl (C=O) groups is 1. The number of nitrogens with zero attached hydrogens (tertiary/aromatic N) is 2. The first-order valence-electron chi connectivity index (χ1n) is 6.99. The number of anilines is 1. The molecule has 0 radical (unpaired) electrons. The molecule has 1 amide bonds. The molecule has 22 heavy (non-hydrogen) atoms. The molecule has 2 heterocycles. The van der Waals surface area contributed by atoms with Crippen molar-refractivity contribution in [3.05, 3.63) is 54.2 Å². The van der Waals surface area contributed by atoms with Gasteiger partial charge >= 0.3 is 0 Å². The van der Waals surface area contributed by atoms with E-state index in [4.69, 9.17) is 4.42 Å². The van der Waals surface area contributed by atoms with Gasteiger partial charge in [-0.1, -0.05) is 26.0 Å². The molecule has 0 saturated carbocycles. The highest BCUT2D eigenvalue weighted by molar-refractivity contribution is 6.04. The van der Waals surface area contributed by atoms with E-state index in [2.05, 4.69) is 34.3 Å². The number of aromatic nitrogens is 3. The Labute approximate surface area is 127 Å². The van der Waals surface area contributed by atoms with Crippen molar-refractivity contribution in [1.82, 2.24) is 15.2 Å². The minimum atomic E-state index is -0.203. The van der Waals surface area contributed by atoms with Crippen molar-refractivity contribution in [1.29, 1.82) is 0 Å². The van der Waals surface area contributed by atoms with Gasteiger partial charge in [0.1, 0.15) is 0 Å². The van der Waals surface area contributed by atoms with Gasteiger partial charge < -0.3 is 9.73 Å². The largest absolute Gasteiger partial charge is 0.444 e. The number of rotatable bonds is 4. The fraction of sp³-hybridized carbons (Fsp3) is 0.188. The zero-order chi connectivity index (χ0) is 15.5. The highest BCUT2D eigenvalue weighted by Gasteiger charge is 2.10. The van der Waals surface area contributed by atoms with Crippen LogP contribution in [0, 0.1) is 0 Å². The van der Waals surface area contributed by atoms with Gasteiger partial charge in [0.05, 0.1) is 6.20 Å². The number of oxazole rings is 1. The van der Waals surface area contributed by atoms with Gasteiger partial charge in [-0.25, -0.2) is 4.98 Å². The fourth-order valence-corrected chi connectivity index (χ4v) is 2.03. The van der Waals surface area contributed by atoms with Gasteiger partial charge in [-0.2, -0.15) is 5.10 Å². The highest BCUT2D eigenvalue weighted by Crippen LogP contribution is 2.20. The van der Waals surface area contributed by atoms with Crippen LogP contribution in [0.5, 0.6) is 0 Å². The van der Waals surface area contributed by atoms with Crippen LogP contribution >= 0.6 is 0 Å². The summed E-state index contributed by atoms with van der Waals surface area (Å²) in [6, 6.07) is 8.96. The first-order valence-corrected chi connectivity index (χ1v) is 6.99. The maximum absolute atomic E-state index is 12.2. The molecule has 0 fully saturated rings. The Morgan fingerprint density at radius 1 is 1.27 bits per heavy atom. The van der Waals surface area contributed by atoms with Crippen LogP contribution in [0.25, 0.3) is 11.3 Å². The molecule has 0 atom stereocenters. The molecule has 0 bridgehead atoms. The van der Waals surface area contributed by atoms with Gasteiger partial charge in [-0.15, -0.1) is 0 Å². The standard InChI is InChI=1S/C16H16N4O2/c1-10(2)13-7-15(20-19-13)18-16(21)12-5-3-11(4-6-12)14-8-17-9-22-14/h3-10H,1-2H3,(H2,18,19,20,21). The number of carbonyl (C=O) groups excluding carboxylic acids is 1. The van der Waals surface area contributed by atoms with Crippen molar-refractivity contribution in [3.8, 4) is 11.3 Å². The Bertz CT molecular complexity index is 758. The first-order chi connectivity index (χ1) is 10.6. The van der Waals surface area contributed by atoms with Crippen LogP contribution in [0.2, 0.25) is 0 Å². The molecule has 6 nitrogen and oxygen atoms in total.